The molecule has 5 rings (SSSR count). The molecule has 0 spiro atoms. The van der Waals surface area contributed by atoms with E-state index in [2.05, 4.69) is 21.7 Å². The van der Waals surface area contributed by atoms with E-state index in [4.69, 9.17) is 5.73 Å². The highest BCUT2D eigenvalue weighted by Gasteiger charge is 2.40. The Labute approximate surface area is 151 Å². The number of aryl methyl sites for hydroxylation is 1. The average Bonchev–Trinajstić information content (AvgIpc) is 3.23. The molecule has 1 aliphatic carbocycles. The van der Waals surface area contributed by atoms with Crippen molar-refractivity contribution in [1.82, 2.24) is 9.55 Å². The molecule has 3 unspecified atom stereocenters. The monoisotopic (exact) mass is 345 g/mol. The molecule has 26 heavy (non-hydrogen) atoms. The number of nitrogens with zero attached hydrogens (tertiary/aromatic N) is 2. The second kappa shape index (κ2) is 5.54. The third kappa shape index (κ3) is 2.07. The van der Waals surface area contributed by atoms with Crippen LogP contribution in [0.15, 0.2) is 55.0 Å². The van der Waals surface area contributed by atoms with Gasteiger partial charge in [0.1, 0.15) is 0 Å². The van der Waals surface area contributed by atoms with Crippen LogP contribution in [0.2, 0.25) is 0 Å². The second-order valence-corrected chi connectivity index (χ2v) is 7.14. The summed E-state index contributed by atoms with van der Waals surface area (Å²) in [6.07, 6.45) is 4.83. The number of carbonyl (C=O) groups is 1. The Morgan fingerprint density at radius 2 is 2.04 bits per heavy atom. The fourth-order valence-electron chi connectivity index (χ4n) is 4.60. The Balaban J connectivity index is 1.60. The number of carbonyl (C=O) groups excluding carboxylic acids is 1. The van der Waals surface area contributed by atoms with Crippen molar-refractivity contribution < 1.29 is 9.90 Å². The van der Waals surface area contributed by atoms with Gasteiger partial charge >= 0.3 is 0 Å². The zero-order chi connectivity index (χ0) is 17.8. The molecular weight excluding hydrogens is 326 g/mol. The van der Waals surface area contributed by atoms with Crippen LogP contribution in [0.25, 0.3) is 11.3 Å². The number of hydrogen-bond acceptors (Lipinski definition) is 3. The van der Waals surface area contributed by atoms with E-state index in [1.807, 2.05) is 30.7 Å². The fourth-order valence-corrected chi connectivity index (χ4v) is 4.60. The number of fused-ring (bicyclic) bond motifs is 4. The Morgan fingerprint density at radius 3 is 2.88 bits per heavy atom. The van der Waals surface area contributed by atoms with Gasteiger partial charge in [0.15, 0.2) is 0 Å². The first-order valence-electron chi connectivity index (χ1n) is 8.87. The van der Waals surface area contributed by atoms with Crippen molar-refractivity contribution >= 4 is 5.91 Å². The normalized spacial score (nSPS) is 23.2. The highest BCUT2D eigenvalue weighted by molar-refractivity contribution is 5.93. The molecule has 0 saturated carbocycles. The highest BCUT2D eigenvalue weighted by atomic mass is 16.3. The number of rotatable bonds is 2. The molecule has 3 atom stereocenters. The van der Waals surface area contributed by atoms with Gasteiger partial charge in [0.25, 0.3) is 0 Å². The van der Waals surface area contributed by atoms with E-state index in [9.17, 15) is 9.90 Å². The maximum absolute atomic E-state index is 11.6. The van der Waals surface area contributed by atoms with E-state index in [0.29, 0.717) is 5.56 Å². The van der Waals surface area contributed by atoms with Crippen LogP contribution in [0.5, 0.6) is 0 Å². The maximum Gasteiger partial charge on any atom is 0.248 e. The number of benzene rings is 2. The first-order valence-corrected chi connectivity index (χ1v) is 8.87. The number of aromatic nitrogens is 2. The molecule has 1 amide bonds. The van der Waals surface area contributed by atoms with Gasteiger partial charge in [0.2, 0.25) is 5.91 Å². The third-order valence-electron chi connectivity index (χ3n) is 5.83. The van der Waals surface area contributed by atoms with Crippen LogP contribution >= 0.6 is 0 Å². The lowest BCUT2D eigenvalue weighted by molar-refractivity contribution is 0.0719. The van der Waals surface area contributed by atoms with Gasteiger partial charge in [-0.25, -0.2) is 4.98 Å². The molecule has 0 fully saturated rings. The number of primary amides is 1. The predicted molar refractivity (Wildman–Crippen MR) is 97.5 cm³/mol. The molecule has 2 heterocycles. The van der Waals surface area contributed by atoms with Crippen LogP contribution in [-0.4, -0.2) is 20.6 Å². The summed E-state index contributed by atoms with van der Waals surface area (Å²) < 4.78 is 2.17. The van der Waals surface area contributed by atoms with Crippen LogP contribution in [0, 0.1) is 5.92 Å². The summed E-state index contributed by atoms with van der Waals surface area (Å²) in [7, 11) is 0. The SMILES string of the molecule is NC(=O)c1ccc2c(c1)C(O)C(C1c3ccccc3-c3cncn31)CC2. The molecule has 1 aliphatic heterocycles. The van der Waals surface area contributed by atoms with Crippen molar-refractivity contribution in [3.8, 4) is 11.3 Å². The number of amides is 1. The van der Waals surface area contributed by atoms with Crippen molar-refractivity contribution in [2.24, 2.45) is 11.7 Å². The molecule has 130 valence electrons. The topological polar surface area (TPSA) is 81.1 Å². The smallest absolute Gasteiger partial charge is 0.248 e. The maximum atomic E-state index is 11.6. The van der Waals surface area contributed by atoms with Crippen LogP contribution in [-0.2, 0) is 6.42 Å². The van der Waals surface area contributed by atoms with Crippen LogP contribution in [0.3, 0.4) is 0 Å². The number of aliphatic hydroxyl groups excluding tert-OH is 1. The van der Waals surface area contributed by atoms with E-state index in [1.54, 1.807) is 12.1 Å². The third-order valence-corrected chi connectivity index (χ3v) is 5.83. The molecule has 0 radical (unpaired) electrons. The van der Waals surface area contributed by atoms with Crippen LogP contribution in [0.4, 0.5) is 0 Å². The Kier molecular flexibility index (Phi) is 3.27. The number of imidazole rings is 1. The summed E-state index contributed by atoms with van der Waals surface area (Å²) in [5, 5.41) is 11.2. The predicted octanol–water partition coefficient (Wildman–Crippen LogP) is 2.85. The van der Waals surface area contributed by atoms with Crippen molar-refractivity contribution in [2.75, 3.05) is 0 Å². The molecule has 1 aromatic heterocycles. The molecule has 0 bridgehead atoms. The summed E-state index contributed by atoms with van der Waals surface area (Å²) >= 11 is 0. The minimum Gasteiger partial charge on any atom is -0.388 e. The first-order chi connectivity index (χ1) is 12.6. The Bertz CT molecular complexity index is 1020. The van der Waals surface area contributed by atoms with Gasteiger partial charge in [-0.15, -0.1) is 0 Å². The summed E-state index contributed by atoms with van der Waals surface area (Å²) in [6.45, 7) is 0. The summed E-state index contributed by atoms with van der Waals surface area (Å²) in [4.78, 5) is 15.9. The van der Waals surface area contributed by atoms with Crippen LogP contribution < -0.4 is 5.73 Å². The van der Waals surface area contributed by atoms with Gasteiger partial charge in [0.05, 0.1) is 30.4 Å². The average molecular weight is 345 g/mol. The summed E-state index contributed by atoms with van der Waals surface area (Å²) in [5.74, 6) is -0.451. The Hall–Kier alpha value is -2.92. The largest absolute Gasteiger partial charge is 0.388 e. The van der Waals surface area contributed by atoms with E-state index in [1.165, 1.54) is 11.1 Å². The molecule has 2 aliphatic rings. The van der Waals surface area contributed by atoms with E-state index in [-0.39, 0.29) is 12.0 Å². The van der Waals surface area contributed by atoms with E-state index >= 15 is 0 Å². The second-order valence-electron chi connectivity index (χ2n) is 7.14. The van der Waals surface area contributed by atoms with Gasteiger partial charge in [-0.3, -0.25) is 4.79 Å². The van der Waals surface area contributed by atoms with Gasteiger partial charge in [-0.1, -0.05) is 30.3 Å². The number of hydrogen-bond donors (Lipinski definition) is 2. The lowest BCUT2D eigenvalue weighted by Gasteiger charge is -2.35. The molecule has 5 nitrogen and oxygen atoms in total. The van der Waals surface area contributed by atoms with Gasteiger partial charge < -0.3 is 15.4 Å². The lowest BCUT2D eigenvalue weighted by atomic mass is 9.75. The molecular formula is C21H19N3O2. The molecule has 0 saturated heterocycles. The molecule has 2 aromatic carbocycles. The zero-order valence-corrected chi connectivity index (χ0v) is 14.2. The van der Waals surface area contributed by atoms with Crippen molar-refractivity contribution in [3.05, 3.63) is 77.2 Å². The molecule has 5 heteroatoms. The summed E-state index contributed by atoms with van der Waals surface area (Å²) in [5.41, 5.74) is 11.3. The minimum absolute atomic E-state index is 0.0160. The van der Waals surface area contributed by atoms with Crippen molar-refractivity contribution in [2.45, 2.75) is 25.0 Å². The standard InChI is InChI=1S/C21H19N3O2/c22-21(26)13-6-5-12-7-8-16(20(25)17(12)9-13)19-15-4-2-1-3-14(15)18-10-23-11-24(18)19/h1-6,9-11,16,19-20,25H,7-8H2,(H2,22,26). The lowest BCUT2D eigenvalue weighted by Crippen LogP contribution is -2.29. The highest BCUT2D eigenvalue weighted by Crippen LogP contribution is 2.49. The summed E-state index contributed by atoms with van der Waals surface area (Å²) in [6, 6.07) is 13.8. The van der Waals surface area contributed by atoms with Crippen LogP contribution in [0.1, 0.15) is 45.6 Å². The number of nitrogens with two attached hydrogens (primary N) is 1. The minimum atomic E-state index is -0.649. The van der Waals surface area contributed by atoms with Gasteiger partial charge in [-0.05, 0) is 41.7 Å². The first kappa shape index (κ1) is 15.3. The number of aliphatic hydroxyl groups is 1. The van der Waals surface area contributed by atoms with Gasteiger partial charge in [0, 0.05) is 17.0 Å². The van der Waals surface area contributed by atoms with Gasteiger partial charge in [-0.2, -0.15) is 0 Å². The van der Waals surface area contributed by atoms with E-state index < -0.39 is 12.0 Å². The zero-order valence-electron chi connectivity index (χ0n) is 14.2. The van der Waals surface area contributed by atoms with E-state index in [0.717, 1.165) is 29.7 Å². The van der Waals surface area contributed by atoms with Crippen molar-refractivity contribution in [1.29, 1.82) is 0 Å². The fraction of sp³-hybridized carbons (Fsp3) is 0.238. The molecule has 3 aromatic rings. The quantitative estimate of drug-likeness (QED) is 0.749. The molecule has 3 N–H and O–H groups in total. The van der Waals surface area contributed by atoms with Crippen molar-refractivity contribution in [3.63, 3.8) is 0 Å². The Morgan fingerprint density at radius 1 is 1.19 bits per heavy atom.